The van der Waals surface area contributed by atoms with Gasteiger partial charge in [0.2, 0.25) is 5.91 Å². The average Bonchev–Trinajstić information content (AvgIpc) is 3.24. The summed E-state index contributed by atoms with van der Waals surface area (Å²) >= 11 is 1.47. The first kappa shape index (κ1) is 24.5. The van der Waals surface area contributed by atoms with Crippen molar-refractivity contribution in [1.29, 1.82) is 0 Å². The fourth-order valence-electron chi connectivity index (χ4n) is 4.23. The summed E-state index contributed by atoms with van der Waals surface area (Å²) < 4.78 is 5.44. The van der Waals surface area contributed by atoms with Crippen LogP contribution in [0.2, 0.25) is 0 Å². The Hall–Kier alpha value is -3.58. The molecule has 0 radical (unpaired) electrons. The summed E-state index contributed by atoms with van der Waals surface area (Å²) in [6.07, 6.45) is 1.75. The van der Waals surface area contributed by atoms with E-state index in [2.05, 4.69) is 12.6 Å². The minimum absolute atomic E-state index is 0.00740. The van der Waals surface area contributed by atoms with E-state index in [9.17, 15) is 9.59 Å². The second-order valence-electron chi connectivity index (χ2n) is 8.61. The Labute approximate surface area is 210 Å². The third-order valence-corrected chi connectivity index (χ3v) is 6.82. The lowest BCUT2D eigenvalue weighted by Crippen LogP contribution is -2.38. The molecule has 0 aromatic heterocycles. The van der Waals surface area contributed by atoms with Crippen LogP contribution >= 0.6 is 11.8 Å². The van der Waals surface area contributed by atoms with E-state index in [1.165, 1.54) is 11.8 Å². The van der Waals surface area contributed by atoms with Crippen molar-refractivity contribution in [2.24, 2.45) is 4.99 Å². The zero-order valence-electron chi connectivity index (χ0n) is 20.2. The quantitative estimate of drug-likeness (QED) is 0.371. The first-order valence-electron chi connectivity index (χ1n) is 11.5. The van der Waals surface area contributed by atoms with Crippen LogP contribution < -0.4 is 0 Å². The molecule has 0 saturated carbocycles. The van der Waals surface area contributed by atoms with Crippen molar-refractivity contribution >= 4 is 28.8 Å². The first-order valence-corrected chi connectivity index (χ1v) is 12.3. The molecule has 0 fully saturated rings. The van der Waals surface area contributed by atoms with Crippen LogP contribution in [0.1, 0.15) is 36.1 Å². The molecule has 0 saturated heterocycles. The molecular formula is C28H29N3O3S. The summed E-state index contributed by atoms with van der Waals surface area (Å²) in [4.78, 5) is 34.8. The maximum Gasteiger partial charge on any atom is 0.338 e. The van der Waals surface area contributed by atoms with Crippen molar-refractivity contribution < 1.29 is 14.3 Å². The SMILES string of the molecule is C=CCOC(=O)C1=C(C)N=C2SC=C(CC(=O)N(C)Cc3ccccc3)N2C1c1cccc(C)c1. The minimum Gasteiger partial charge on any atom is -0.458 e. The van der Waals surface area contributed by atoms with Gasteiger partial charge in [-0.15, -0.1) is 0 Å². The van der Waals surface area contributed by atoms with Crippen LogP contribution in [0.25, 0.3) is 0 Å². The standard InChI is InChI=1S/C28H29N3O3S/c1-5-14-34-27(33)25-20(3)29-28-31(26(25)22-13-9-10-19(2)15-22)23(18-35-28)16-24(32)30(4)17-21-11-7-6-8-12-21/h5-13,15,18,26H,1,14,16-17H2,2-4H3. The normalized spacial score (nSPS) is 16.9. The number of aliphatic imine (C=N–C) groups is 1. The molecule has 0 spiro atoms. The largest absolute Gasteiger partial charge is 0.458 e. The highest BCUT2D eigenvalue weighted by Gasteiger charge is 2.41. The van der Waals surface area contributed by atoms with Crippen LogP contribution in [0.4, 0.5) is 0 Å². The fourth-order valence-corrected chi connectivity index (χ4v) is 5.20. The Morgan fingerprint density at radius 2 is 1.94 bits per heavy atom. The molecule has 2 heterocycles. The van der Waals surface area contributed by atoms with Crippen LogP contribution in [-0.4, -0.2) is 40.5 Å². The molecule has 0 N–H and O–H groups in total. The number of carbonyl (C=O) groups is 2. The molecule has 2 aliphatic rings. The van der Waals surface area contributed by atoms with Crippen LogP contribution in [0.5, 0.6) is 0 Å². The smallest absolute Gasteiger partial charge is 0.338 e. The number of esters is 1. The van der Waals surface area contributed by atoms with Gasteiger partial charge in [-0.2, -0.15) is 0 Å². The van der Waals surface area contributed by atoms with Crippen LogP contribution in [0.3, 0.4) is 0 Å². The van der Waals surface area contributed by atoms with E-state index < -0.39 is 12.0 Å². The number of thioether (sulfide) groups is 1. The van der Waals surface area contributed by atoms with E-state index in [1.54, 1.807) is 11.0 Å². The number of hydrogen-bond acceptors (Lipinski definition) is 6. The van der Waals surface area contributed by atoms with Gasteiger partial charge in [0, 0.05) is 19.3 Å². The van der Waals surface area contributed by atoms with Crippen molar-refractivity contribution in [2.45, 2.75) is 32.9 Å². The topological polar surface area (TPSA) is 62.2 Å². The van der Waals surface area contributed by atoms with Crippen LogP contribution in [-0.2, 0) is 20.9 Å². The number of hydrogen-bond donors (Lipinski definition) is 0. The second kappa shape index (κ2) is 10.8. The lowest BCUT2D eigenvalue weighted by atomic mass is 9.93. The Balaban J connectivity index is 1.64. The Kier molecular flexibility index (Phi) is 7.56. The molecule has 0 bridgehead atoms. The maximum atomic E-state index is 13.2. The Bertz CT molecular complexity index is 1230. The number of carbonyl (C=O) groups excluding carboxylic acids is 2. The summed E-state index contributed by atoms with van der Waals surface area (Å²) in [5, 5.41) is 2.71. The predicted octanol–water partition coefficient (Wildman–Crippen LogP) is 5.35. The molecule has 2 aromatic carbocycles. The zero-order chi connectivity index (χ0) is 24.9. The highest BCUT2D eigenvalue weighted by Crippen LogP contribution is 2.45. The number of fused-ring (bicyclic) bond motifs is 1. The van der Waals surface area contributed by atoms with Gasteiger partial charge in [0.05, 0.1) is 23.7 Å². The summed E-state index contributed by atoms with van der Waals surface area (Å²) in [5.74, 6) is -0.438. The van der Waals surface area contributed by atoms with Gasteiger partial charge in [-0.25, -0.2) is 9.79 Å². The summed E-state index contributed by atoms with van der Waals surface area (Å²) in [7, 11) is 1.81. The Morgan fingerprint density at radius 1 is 1.17 bits per heavy atom. The monoisotopic (exact) mass is 487 g/mol. The predicted molar refractivity (Wildman–Crippen MR) is 140 cm³/mol. The number of aryl methyl sites for hydroxylation is 1. The van der Waals surface area contributed by atoms with Crippen molar-refractivity contribution in [2.75, 3.05) is 13.7 Å². The third kappa shape index (κ3) is 5.41. The molecular weight excluding hydrogens is 458 g/mol. The molecule has 2 aromatic rings. The summed E-state index contributed by atoms with van der Waals surface area (Å²) in [6.45, 7) is 8.14. The second-order valence-corrected chi connectivity index (χ2v) is 9.44. The number of ether oxygens (including phenoxy) is 1. The summed E-state index contributed by atoms with van der Waals surface area (Å²) in [5.41, 5.74) is 5.00. The minimum atomic E-state index is -0.437. The first-order chi connectivity index (χ1) is 16.9. The van der Waals surface area contributed by atoms with Gasteiger partial charge in [0.1, 0.15) is 6.61 Å². The van der Waals surface area contributed by atoms with E-state index in [4.69, 9.17) is 9.73 Å². The van der Waals surface area contributed by atoms with Gasteiger partial charge in [-0.05, 0) is 30.4 Å². The van der Waals surface area contributed by atoms with Crippen molar-refractivity contribution in [1.82, 2.24) is 9.80 Å². The number of nitrogens with zero attached hydrogens (tertiary/aromatic N) is 3. The number of rotatable bonds is 8. The molecule has 2 aliphatic heterocycles. The molecule has 1 amide bonds. The van der Waals surface area contributed by atoms with Gasteiger partial charge in [0.15, 0.2) is 5.17 Å². The third-order valence-electron chi connectivity index (χ3n) is 5.93. The molecule has 4 rings (SSSR count). The molecule has 6 nitrogen and oxygen atoms in total. The highest BCUT2D eigenvalue weighted by molar-refractivity contribution is 8.16. The average molecular weight is 488 g/mol. The summed E-state index contributed by atoms with van der Waals surface area (Å²) in [6, 6.07) is 17.5. The number of benzene rings is 2. The molecule has 180 valence electrons. The lowest BCUT2D eigenvalue weighted by Gasteiger charge is -2.36. The van der Waals surface area contributed by atoms with Gasteiger partial charge < -0.3 is 14.5 Å². The number of allylic oxidation sites excluding steroid dienone is 1. The fraction of sp³-hybridized carbons (Fsp3) is 0.250. The lowest BCUT2D eigenvalue weighted by molar-refractivity contribution is -0.138. The number of amides is 1. The Morgan fingerprint density at radius 3 is 2.66 bits per heavy atom. The highest BCUT2D eigenvalue weighted by atomic mass is 32.2. The molecule has 35 heavy (non-hydrogen) atoms. The van der Waals surface area contributed by atoms with Crippen molar-refractivity contribution in [3.05, 3.63) is 106 Å². The van der Waals surface area contributed by atoms with Crippen molar-refractivity contribution in [3.8, 4) is 0 Å². The van der Waals surface area contributed by atoms with Crippen LogP contribution in [0, 0.1) is 6.92 Å². The van der Waals surface area contributed by atoms with E-state index in [0.29, 0.717) is 17.8 Å². The van der Waals surface area contributed by atoms with Crippen LogP contribution in [0.15, 0.2) is 94.6 Å². The van der Waals surface area contributed by atoms with Gasteiger partial charge in [-0.1, -0.05) is 84.6 Å². The number of amidine groups is 1. The molecule has 0 aliphatic carbocycles. The van der Waals surface area contributed by atoms with Gasteiger partial charge in [0.25, 0.3) is 0 Å². The molecule has 1 atom stereocenters. The van der Waals surface area contributed by atoms with Gasteiger partial charge >= 0.3 is 5.97 Å². The zero-order valence-corrected chi connectivity index (χ0v) is 21.0. The van der Waals surface area contributed by atoms with Gasteiger partial charge in [-0.3, -0.25) is 4.79 Å². The molecule has 1 unspecified atom stereocenters. The van der Waals surface area contributed by atoms with Crippen molar-refractivity contribution in [3.63, 3.8) is 0 Å². The van der Waals surface area contributed by atoms with E-state index >= 15 is 0 Å². The van der Waals surface area contributed by atoms with E-state index in [0.717, 1.165) is 27.6 Å². The maximum absolute atomic E-state index is 13.2. The van der Waals surface area contributed by atoms with E-state index in [-0.39, 0.29) is 18.9 Å². The van der Waals surface area contributed by atoms with E-state index in [1.807, 2.05) is 79.7 Å². The molecule has 7 heteroatoms.